The normalized spacial score (nSPS) is 44.1. The van der Waals surface area contributed by atoms with E-state index >= 15 is 0 Å². The molecule has 0 aliphatic carbocycles. The maximum atomic E-state index is 3.58. The Hall–Kier alpha value is 0.350. The van der Waals surface area contributed by atoms with Gasteiger partial charge in [-0.3, -0.25) is 0 Å². The van der Waals surface area contributed by atoms with Gasteiger partial charge in [0.2, 0.25) is 0 Å². The predicted molar refractivity (Wildman–Crippen MR) is 46.3 cm³/mol. The summed E-state index contributed by atoms with van der Waals surface area (Å²) >= 11 is 0. The maximum absolute atomic E-state index is 3.58. The molecule has 0 aromatic rings. The Labute approximate surface area is 64.1 Å². The van der Waals surface area contributed by atoms with Crippen LogP contribution in [0.3, 0.4) is 0 Å². The van der Waals surface area contributed by atoms with E-state index in [2.05, 4.69) is 17.3 Å². The summed E-state index contributed by atoms with van der Waals surface area (Å²) in [6, 6.07) is 0.831. The van der Waals surface area contributed by atoms with E-state index < -0.39 is 0 Å². The summed E-state index contributed by atoms with van der Waals surface area (Å²) in [5, 5.41) is 3.58. The number of rotatable bonds is 0. The van der Waals surface area contributed by atoms with Crippen molar-refractivity contribution in [2.45, 2.75) is 11.7 Å². The zero-order valence-electron chi connectivity index (χ0n) is 6.43. The summed E-state index contributed by atoms with van der Waals surface area (Å²) in [4.78, 5) is 2.45. The van der Waals surface area contributed by atoms with Crippen LogP contribution in [0.5, 0.6) is 0 Å². The molecule has 0 radical (unpaired) electrons. The lowest BCUT2D eigenvalue weighted by Crippen LogP contribution is -2.42. The van der Waals surface area contributed by atoms with E-state index in [0.29, 0.717) is 0 Å². The molecule has 0 amide bonds. The molecule has 0 bridgehead atoms. The Morgan fingerprint density at radius 2 is 2.40 bits per heavy atom. The van der Waals surface area contributed by atoms with Gasteiger partial charge in [-0.1, -0.05) is 0 Å². The van der Waals surface area contributed by atoms with Gasteiger partial charge in [-0.05, 0) is 19.8 Å². The van der Waals surface area contributed by atoms with Crippen LogP contribution in [-0.2, 0) is 0 Å². The van der Waals surface area contributed by atoms with E-state index in [9.17, 15) is 0 Å². The maximum Gasteiger partial charge on any atom is 0.0272 e. The minimum atomic E-state index is 0.831. The summed E-state index contributed by atoms with van der Waals surface area (Å²) < 4.78 is 0. The van der Waals surface area contributed by atoms with E-state index in [1.54, 1.807) is 0 Å². The number of hydrogen-bond donors (Lipinski definition) is 1. The third-order valence-electron chi connectivity index (χ3n) is 2.44. The van der Waals surface area contributed by atoms with Crippen molar-refractivity contribution in [1.82, 2.24) is 10.2 Å². The van der Waals surface area contributed by atoms with Crippen LogP contribution >= 0.6 is 8.58 Å². The molecule has 2 fully saturated rings. The van der Waals surface area contributed by atoms with Crippen molar-refractivity contribution in [2.24, 2.45) is 0 Å². The van der Waals surface area contributed by atoms with Crippen LogP contribution in [-0.4, -0.2) is 49.4 Å². The summed E-state index contributed by atoms with van der Waals surface area (Å²) in [6.07, 6.45) is 1.41. The first-order valence-electron chi connectivity index (χ1n) is 4.01. The number of likely N-dealkylation sites (tertiary alicyclic amines) is 1. The second kappa shape index (κ2) is 2.77. The van der Waals surface area contributed by atoms with E-state index in [0.717, 1.165) is 11.7 Å². The highest BCUT2D eigenvalue weighted by molar-refractivity contribution is 7.39. The number of hydrogen-bond acceptors (Lipinski definition) is 2. The molecule has 1 N–H and O–H groups in total. The Morgan fingerprint density at radius 3 is 3.20 bits per heavy atom. The molecule has 2 aliphatic heterocycles. The highest BCUT2D eigenvalue weighted by atomic mass is 31.1. The zero-order chi connectivity index (χ0) is 6.97. The van der Waals surface area contributed by atoms with Gasteiger partial charge in [0, 0.05) is 24.8 Å². The fourth-order valence-corrected chi connectivity index (χ4v) is 3.54. The largest absolute Gasteiger partial charge is 0.312 e. The van der Waals surface area contributed by atoms with E-state index in [1.807, 2.05) is 0 Å². The SMILES string of the molecule is CN1CC2NCCPC2C1. The lowest BCUT2D eigenvalue weighted by Gasteiger charge is -2.25. The molecule has 58 valence electrons. The van der Waals surface area contributed by atoms with Crippen molar-refractivity contribution in [3.63, 3.8) is 0 Å². The minimum Gasteiger partial charge on any atom is -0.312 e. The lowest BCUT2D eigenvalue weighted by atomic mass is 10.2. The van der Waals surface area contributed by atoms with Crippen molar-refractivity contribution in [1.29, 1.82) is 0 Å². The Kier molecular flexibility index (Phi) is 1.94. The van der Waals surface area contributed by atoms with Gasteiger partial charge >= 0.3 is 0 Å². The fourth-order valence-electron chi connectivity index (χ4n) is 1.93. The summed E-state index contributed by atoms with van der Waals surface area (Å²) in [5.41, 5.74) is 0.985. The van der Waals surface area contributed by atoms with Crippen LogP contribution in [0.25, 0.3) is 0 Å². The molecule has 3 unspecified atom stereocenters. The van der Waals surface area contributed by atoms with Gasteiger partial charge in [0.1, 0.15) is 0 Å². The molecule has 3 atom stereocenters. The van der Waals surface area contributed by atoms with Gasteiger partial charge in [-0.2, -0.15) is 0 Å². The van der Waals surface area contributed by atoms with Crippen LogP contribution < -0.4 is 5.32 Å². The molecule has 2 rings (SSSR count). The average Bonchev–Trinajstić information content (AvgIpc) is 2.27. The van der Waals surface area contributed by atoms with Gasteiger partial charge in [-0.15, -0.1) is 8.58 Å². The van der Waals surface area contributed by atoms with Crippen LogP contribution in [0.2, 0.25) is 0 Å². The molecule has 0 aromatic carbocycles. The highest BCUT2D eigenvalue weighted by Crippen LogP contribution is 2.29. The monoisotopic (exact) mass is 158 g/mol. The van der Waals surface area contributed by atoms with Crippen LogP contribution in [0, 0.1) is 0 Å². The molecule has 2 heterocycles. The molecule has 0 saturated carbocycles. The first kappa shape index (κ1) is 7.02. The van der Waals surface area contributed by atoms with E-state index in [1.165, 1.54) is 34.4 Å². The first-order chi connectivity index (χ1) is 4.86. The topological polar surface area (TPSA) is 15.3 Å². The molecule has 2 nitrogen and oxygen atoms in total. The molecular weight excluding hydrogens is 143 g/mol. The predicted octanol–water partition coefficient (Wildman–Crippen LogP) is -0.0493. The summed E-state index contributed by atoms with van der Waals surface area (Å²) in [5.74, 6) is 0. The van der Waals surface area contributed by atoms with Crippen molar-refractivity contribution in [3.05, 3.63) is 0 Å². The third kappa shape index (κ3) is 1.20. The van der Waals surface area contributed by atoms with Gasteiger partial charge in [0.05, 0.1) is 0 Å². The Morgan fingerprint density at radius 1 is 1.50 bits per heavy atom. The number of nitrogens with zero attached hydrogens (tertiary/aromatic N) is 1. The number of nitrogens with one attached hydrogen (secondary N) is 1. The Balaban J connectivity index is 1.97. The summed E-state index contributed by atoms with van der Waals surface area (Å²) in [6.45, 7) is 3.86. The highest BCUT2D eigenvalue weighted by Gasteiger charge is 2.31. The molecule has 0 spiro atoms. The van der Waals surface area contributed by atoms with Crippen molar-refractivity contribution >= 4 is 8.58 Å². The minimum absolute atomic E-state index is 0.831. The standard InChI is InChI=1S/C7H15N2P/c1-9-4-6-7(5-9)10-3-2-8-6/h6-8,10H,2-5H2,1H3. The van der Waals surface area contributed by atoms with Crippen LogP contribution in [0.15, 0.2) is 0 Å². The Bertz CT molecular complexity index is 115. The quantitative estimate of drug-likeness (QED) is 0.497. The molecule has 2 aliphatic rings. The van der Waals surface area contributed by atoms with Crippen LogP contribution in [0.1, 0.15) is 0 Å². The van der Waals surface area contributed by atoms with Gasteiger partial charge in [0.15, 0.2) is 0 Å². The second-order valence-electron chi connectivity index (χ2n) is 3.34. The van der Waals surface area contributed by atoms with Gasteiger partial charge in [-0.25, -0.2) is 0 Å². The molecule has 0 aromatic heterocycles. The third-order valence-corrected chi connectivity index (χ3v) is 4.09. The smallest absolute Gasteiger partial charge is 0.0272 e. The van der Waals surface area contributed by atoms with Gasteiger partial charge in [0.25, 0.3) is 0 Å². The zero-order valence-corrected chi connectivity index (χ0v) is 7.43. The fraction of sp³-hybridized carbons (Fsp3) is 1.00. The summed E-state index contributed by atoms with van der Waals surface area (Å²) in [7, 11) is 3.44. The first-order valence-corrected chi connectivity index (χ1v) is 5.30. The van der Waals surface area contributed by atoms with E-state index in [-0.39, 0.29) is 0 Å². The van der Waals surface area contributed by atoms with Gasteiger partial charge < -0.3 is 10.2 Å². The molecule has 3 heteroatoms. The molecular formula is C7H15N2P. The second-order valence-corrected chi connectivity index (χ2v) is 4.99. The van der Waals surface area contributed by atoms with Crippen molar-refractivity contribution < 1.29 is 0 Å². The molecule has 10 heavy (non-hydrogen) atoms. The van der Waals surface area contributed by atoms with Crippen LogP contribution in [0.4, 0.5) is 0 Å². The van der Waals surface area contributed by atoms with Crippen molar-refractivity contribution in [3.8, 4) is 0 Å². The lowest BCUT2D eigenvalue weighted by molar-refractivity contribution is 0.401. The number of fused-ring (bicyclic) bond motifs is 1. The van der Waals surface area contributed by atoms with E-state index in [4.69, 9.17) is 0 Å². The molecule has 2 saturated heterocycles. The average molecular weight is 158 g/mol. The van der Waals surface area contributed by atoms with Crippen molar-refractivity contribution in [2.75, 3.05) is 32.8 Å². The number of likely N-dealkylation sites (N-methyl/N-ethyl adjacent to an activating group) is 1.